The molecule has 146 valence electrons. The first kappa shape index (κ1) is 19.3. The summed E-state index contributed by atoms with van der Waals surface area (Å²) in [4.78, 5) is 40.6. The molecular weight excluding hydrogens is 377 g/mol. The Morgan fingerprint density at radius 2 is 1.75 bits per heavy atom. The summed E-state index contributed by atoms with van der Waals surface area (Å²) in [6, 6.07) is 6.86. The van der Waals surface area contributed by atoms with Crippen LogP contribution in [0.5, 0.6) is 0 Å². The largest absolute Gasteiger partial charge is 0.433 e. The first-order valence-corrected chi connectivity index (χ1v) is 8.22. The highest BCUT2D eigenvalue weighted by atomic mass is 19.4. The van der Waals surface area contributed by atoms with Gasteiger partial charge in [0.25, 0.3) is 11.8 Å². The van der Waals surface area contributed by atoms with Crippen molar-refractivity contribution in [1.82, 2.24) is 15.2 Å². The Hall–Kier alpha value is -3.43. The van der Waals surface area contributed by atoms with Crippen LogP contribution in [0.3, 0.4) is 0 Å². The van der Waals surface area contributed by atoms with Gasteiger partial charge in [0, 0.05) is 13.1 Å². The predicted octanol–water partition coefficient (Wildman–Crippen LogP) is 2.83. The quantitative estimate of drug-likeness (QED) is 0.783. The number of hydrogen-bond donors (Lipinski definition) is 2. The lowest BCUT2D eigenvalue weighted by Gasteiger charge is -2.15. The minimum Gasteiger partial charge on any atom is -0.336 e. The van der Waals surface area contributed by atoms with Gasteiger partial charge in [0.05, 0.1) is 23.0 Å². The van der Waals surface area contributed by atoms with Crippen LogP contribution in [0.1, 0.15) is 32.0 Å². The van der Waals surface area contributed by atoms with Gasteiger partial charge in [0.15, 0.2) is 0 Å². The molecule has 2 heterocycles. The Morgan fingerprint density at radius 3 is 2.29 bits per heavy atom. The van der Waals surface area contributed by atoms with Crippen molar-refractivity contribution in [2.75, 3.05) is 18.4 Å². The Kier molecular flexibility index (Phi) is 5.04. The van der Waals surface area contributed by atoms with E-state index in [1.165, 1.54) is 6.92 Å². The number of benzene rings is 1. The molecule has 10 heteroatoms. The van der Waals surface area contributed by atoms with Crippen LogP contribution in [0.15, 0.2) is 36.5 Å². The number of hydrogen-bond acceptors (Lipinski definition) is 4. The Balaban J connectivity index is 1.54. The lowest BCUT2D eigenvalue weighted by Crippen LogP contribution is -2.39. The van der Waals surface area contributed by atoms with Crippen LogP contribution in [0.25, 0.3) is 0 Å². The maximum absolute atomic E-state index is 12.7. The summed E-state index contributed by atoms with van der Waals surface area (Å²) in [5, 5.41) is 4.80. The number of nitrogens with zero attached hydrogens (tertiary/aromatic N) is 2. The van der Waals surface area contributed by atoms with Gasteiger partial charge in [0.1, 0.15) is 5.69 Å². The lowest BCUT2D eigenvalue weighted by molar-refractivity contribution is -0.141. The fraction of sp³-hybridized carbons (Fsp3) is 0.222. The van der Waals surface area contributed by atoms with Gasteiger partial charge in [-0.15, -0.1) is 0 Å². The molecule has 0 bridgehead atoms. The number of carbonyl (C=O) groups excluding carboxylic acids is 3. The van der Waals surface area contributed by atoms with Gasteiger partial charge in [-0.2, -0.15) is 13.2 Å². The third kappa shape index (κ3) is 3.80. The van der Waals surface area contributed by atoms with E-state index in [-0.39, 0.29) is 24.3 Å². The lowest BCUT2D eigenvalue weighted by atomic mass is 10.1. The molecule has 0 saturated carbocycles. The number of rotatable bonds is 4. The molecule has 28 heavy (non-hydrogen) atoms. The number of pyridine rings is 1. The van der Waals surface area contributed by atoms with E-state index in [0.717, 1.165) is 17.2 Å². The molecule has 1 aromatic carbocycles. The van der Waals surface area contributed by atoms with E-state index in [0.29, 0.717) is 11.1 Å². The molecule has 0 atom stereocenters. The van der Waals surface area contributed by atoms with E-state index >= 15 is 0 Å². The number of aryl methyl sites for hydroxylation is 1. The molecule has 2 N–H and O–H groups in total. The number of alkyl halides is 3. The topological polar surface area (TPSA) is 91.4 Å². The maximum atomic E-state index is 12.7. The highest BCUT2D eigenvalue weighted by molar-refractivity contribution is 6.21. The smallest absolute Gasteiger partial charge is 0.336 e. The number of halogens is 3. The van der Waals surface area contributed by atoms with Crippen molar-refractivity contribution < 1.29 is 27.6 Å². The van der Waals surface area contributed by atoms with E-state index in [1.54, 1.807) is 24.3 Å². The first-order chi connectivity index (χ1) is 13.2. The van der Waals surface area contributed by atoms with Gasteiger partial charge < -0.3 is 10.6 Å². The third-order valence-electron chi connectivity index (χ3n) is 4.10. The van der Waals surface area contributed by atoms with Crippen molar-refractivity contribution in [3.8, 4) is 0 Å². The van der Waals surface area contributed by atoms with Crippen molar-refractivity contribution >= 4 is 23.5 Å². The molecule has 1 aromatic heterocycles. The number of imide groups is 1. The third-order valence-corrected chi connectivity index (χ3v) is 4.10. The molecule has 0 saturated heterocycles. The monoisotopic (exact) mass is 392 g/mol. The minimum atomic E-state index is -4.57. The Morgan fingerprint density at radius 1 is 1.14 bits per heavy atom. The van der Waals surface area contributed by atoms with E-state index in [9.17, 15) is 27.6 Å². The average molecular weight is 392 g/mol. The number of urea groups is 1. The zero-order valence-electron chi connectivity index (χ0n) is 14.6. The van der Waals surface area contributed by atoms with Crippen molar-refractivity contribution in [1.29, 1.82) is 0 Å². The molecule has 1 aliphatic rings. The fourth-order valence-corrected chi connectivity index (χ4v) is 2.84. The summed E-state index contributed by atoms with van der Waals surface area (Å²) >= 11 is 0. The molecule has 3 rings (SSSR count). The highest BCUT2D eigenvalue weighted by Crippen LogP contribution is 2.30. The minimum absolute atomic E-state index is 0.0235. The van der Waals surface area contributed by atoms with Crippen molar-refractivity contribution in [3.05, 3.63) is 58.9 Å². The molecule has 2 aromatic rings. The summed E-state index contributed by atoms with van der Waals surface area (Å²) in [6.45, 7) is 1.18. The molecule has 0 spiro atoms. The summed E-state index contributed by atoms with van der Waals surface area (Å²) in [6.07, 6.45) is -3.67. The van der Waals surface area contributed by atoms with Crippen molar-refractivity contribution in [2.45, 2.75) is 13.1 Å². The number of amides is 4. The Bertz CT molecular complexity index is 924. The van der Waals surface area contributed by atoms with Gasteiger partial charge >= 0.3 is 12.2 Å². The number of aromatic nitrogens is 1. The number of carbonyl (C=O) groups is 3. The zero-order valence-corrected chi connectivity index (χ0v) is 14.6. The molecule has 0 fully saturated rings. The normalized spacial score (nSPS) is 13.5. The SMILES string of the molecule is Cc1cc(NC(=O)NCCN2C(=O)c3ccccc3C2=O)cnc1C(F)(F)F. The maximum Gasteiger partial charge on any atom is 0.433 e. The molecule has 7 nitrogen and oxygen atoms in total. The standard InChI is InChI=1S/C18H15F3N4O3/c1-10-8-11(9-23-14(10)18(19,20)21)24-17(28)22-6-7-25-15(26)12-4-2-3-5-13(12)16(25)27/h2-5,8-9H,6-7H2,1H3,(H2,22,24,28). The van der Waals surface area contributed by atoms with E-state index in [2.05, 4.69) is 15.6 Å². The number of anilines is 1. The molecule has 0 unspecified atom stereocenters. The summed E-state index contributed by atoms with van der Waals surface area (Å²) < 4.78 is 38.1. The zero-order chi connectivity index (χ0) is 20.5. The Labute approximate surface area is 157 Å². The predicted molar refractivity (Wildman–Crippen MR) is 92.8 cm³/mol. The van der Waals surface area contributed by atoms with Gasteiger partial charge in [-0.25, -0.2) is 9.78 Å². The number of nitrogens with one attached hydrogen (secondary N) is 2. The van der Waals surface area contributed by atoms with Crippen molar-refractivity contribution in [2.24, 2.45) is 0 Å². The fourth-order valence-electron chi connectivity index (χ4n) is 2.84. The summed E-state index contributed by atoms with van der Waals surface area (Å²) in [5.74, 6) is -0.879. The van der Waals surface area contributed by atoms with Crippen LogP contribution < -0.4 is 10.6 Å². The summed E-state index contributed by atoms with van der Waals surface area (Å²) in [7, 11) is 0. The second kappa shape index (κ2) is 7.29. The van der Waals surface area contributed by atoms with Gasteiger partial charge in [-0.3, -0.25) is 14.5 Å². The van der Waals surface area contributed by atoms with Crippen LogP contribution in [0.2, 0.25) is 0 Å². The second-order valence-corrected chi connectivity index (χ2v) is 6.08. The van der Waals surface area contributed by atoms with E-state index in [1.807, 2.05) is 0 Å². The first-order valence-electron chi connectivity index (χ1n) is 8.22. The molecule has 0 aliphatic carbocycles. The molecule has 4 amide bonds. The van der Waals surface area contributed by atoms with Crippen LogP contribution in [-0.4, -0.2) is 40.8 Å². The van der Waals surface area contributed by atoms with Crippen LogP contribution in [0.4, 0.5) is 23.7 Å². The summed E-state index contributed by atoms with van der Waals surface area (Å²) in [5.41, 5.74) is -0.448. The van der Waals surface area contributed by atoms with Crippen molar-refractivity contribution in [3.63, 3.8) is 0 Å². The average Bonchev–Trinajstić information content (AvgIpc) is 2.86. The molecule has 0 radical (unpaired) electrons. The van der Waals surface area contributed by atoms with Gasteiger partial charge in [-0.05, 0) is 30.7 Å². The molecular formula is C18H15F3N4O3. The highest BCUT2D eigenvalue weighted by Gasteiger charge is 2.35. The van der Waals surface area contributed by atoms with E-state index < -0.39 is 29.7 Å². The van der Waals surface area contributed by atoms with Crippen LogP contribution in [-0.2, 0) is 6.18 Å². The van der Waals surface area contributed by atoms with Crippen LogP contribution in [0, 0.1) is 6.92 Å². The van der Waals surface area contributed by atoms with Gasteiger partial charge in [0.2, 0.25) is 0 Å². The molecule has 1 aliphatic heterocycles. The van der Waals surface area contributed by atoms with E-state index in [4.69, 9.17) is 0 Å². The number of fused-ring (bicyclic) bond motifs is 1. The van der Waals surface area contributed by atoms with Crippen LogP contribution >= 0.6 is 0 Å². The second-order valence-electron chi connectivity index (χ2n) is 6.08. The van der Waals surface area contributed by atoms with Gasteiger partial charge in [-0.1, -0.05) is 12.1 Å².